The molecule has 0 spiro atoms. The van der Waals surface area contributed by atoms with Crippen LogP contribution in [0.4, 0.5) is 0 Å². The van der Waals surface area contributed by atoms with Crippen molar-refractivity contribution in [1.82, 2.24) is 9.80 Å². The molecule has 1 amide bonds. The molecule has 2 aromatic rings. The van der Waals surface area contributed by atoms with Gasteiger partial charge in [-0.25, -0.2) is 0 Å². The number of benzene rings is 2. The summed E-state index contributed by atoms with van der Waals surface area (Å²) >= 11 is 0. The number of carbonyl (C=O) groups is 1. The molecule has 0 unspecified atom stereocenters. The number of ether oxygens (including phenoxy) is 1. The standard InChI is InChI=1S/C22H28N2O2/c1-17-7-4-5-8-19(17)15-23(2)22(25)16-24-14-6-9-21(24)18-10-12-20(26-3)13-11-18/h4-5,7-8,10-13,21H,6,9,14-16H2,1-3H3/t21-/m1/s1. The number of amides is 1. The summed E-state index contributed by atoms with van der Waals surface area (Å²) in [6, 6.07) is 16.8. The van der Waals surface area contributed by atoms with Gasteiger partial charge in [-0.3, -0.25) is 9.69 Å². The monoisotopic (exact) mass is 352 g/mol. The van der Waals surface area contributed by atoms with Gasteiger partial charge >= 0.3 is 0 Å². The zero-order chi connectivity index (χ0) is 18.5. The van der Waals surface area contributed by atoms with E-state index in [4.69, 9.17) is 4.74 Å². The van der Waals surface area contributed by atoms with Gasteiger partial charge in [-0.05, 0) is 55.1 Å². The van der Waals surface area contributed by atoms with Crippen LogP contribution in [0.25, 0.3) is 0 Å². The number of aryl methyl sites for hydroxylation is 1. The number of rotatable bonds is 6. The summed E-state index contributed by atoms with van der Waals surface area (Å²) in [4.78, 5) is 16.9. The van der Waals surface area contributed by atoms with Crippen LogP contribution < -0.4 is 4.74 Å². The lowest BCUT2D eigenvalue weighted by Gasteiger charge is -2.27. The van der Waals surface area contributed by atoms with Gasteiger partial charge in [-0.1, -0.05) is 36.4 Å². The van der Waals surface area contributed by atoms with E-state index in [0.29, 0.717) is 19.1 Å². The maximum Gasteiger partial charge on any atom is 0.236 e. The summed E-state index contributed by atoms with van der Waals surface area (Å²) in [5.41, 5.74) is 3.69. The number of likely N-dealkylation sites (tertiary alicyclic amines) is 1. The Balaban J connectivity index is 1.62. The molecule has 138 valence electrons. The second-order valence-corrected chi connectivity index (χ2v) is 7.08. The van der Waals surface area contributed by atoms with Crippen LogP contribution in [0.3, 0.4) is 0 Å². The van der Waals surface area contributed by atoms with E-state index in [1.165, 1.54) is 16.7 Å². The Kier molecular flexibility index (Phi) is 5.94. The lowest BCUT2D eigenvalue weighted by molar-refractivity contribution is -0.131. The van der Waals surface area contributed by atoms with E-state index < -0.39 is 0 Å². The number of methoxy groups -OCH3 is 1. The molecule has 1 fully saturated rings. The molecule has 1 aliphatic rings. The molecule has 0 N–H and O–H groups in total. The predicted octanol–water partition coefficient (Wildman–Crippen LogP) is 3.80. The van der Waals surface area contributed by atoms with Gasteiger partial charge < -0.3 is 9.64 Å². The van der Waals surface area contributed by atoms with Crippen LogP contribution in [0.1, 0.15) is 35.6 Å². The van der Waals surface area contributed by atoms with Crippen molar-refractivity contribution in [2.45, 2.75) is 32.4 Å². The molecule has 0 radical (unpaired) electrons. The molecule has 4 nitrogen and oxygen atoms in total. The fourth-order valence-electron chi connectivity index (χ4n) is 3.64. The van der Waals surface area contributed by atoms with Gasteiger partial charge in [0.05, 0.1) is 13.7 Å². The van der Waals surface area contributed by atoms with Crippen LogP contribution >= 0.6 is 0 Å². The van der Waals surface area contributed by atoms with Crippen molar-refractivity contribution >= 4 is 5.91 Å². The van der Waals surface area contributed by atoms with Gasteiger partial charge in [-0.2, -0.15) is 0 Å². The Morgan fingerprint density at radius 1 is 1.19 bits per heavy atom. The average Bonchev–Trinajstić information content (AvgIpc) is 3.11. The molecule has 1 saturated heterocycles. The third kappa shape index (κ3) is 4.25. The van der Waals surface area contributed by atoms with E-state index in [0.717, 1.165) is 25.1 Å². The second kappa shape index (κ2) is 8.37. The number of nitrogens with zero attached hydrogens (tertiary/aromatic N) is 2. The van der Waals surface area contributed by atoms with E-state index in [9.17, 15) is 4.79 Å². The number of hydrogen-bond donors (Lipinski definition) is 0. The van der Waals surface area contributed by atoms with Crippen molar-refractivity contribution < 1.29 is 9.53 Å². The predicted molar refractivity (Wildman–Crippen MR) is 104 cm³/mol. The van der Waals surface area contributed by atoms with E-state index in [1.54, 1.807) is 7.11 Å². The highest BCUT2D eigenvalue weighted by Gasteiger charge is 2.28. The summed E-state index contributed by atoms with van der Waals surface area (Å²) in [5.74, 6) is 1.04. The van der Waals surface area contributed by atoms with Crippen molar-refractivity contribution in [1.29, 1.82) is 0 Å². The summed E-state index contributed by atoms with van der Waals surface area (Å²) < 4.78 is 5.25. The van der Waals surface area contributed by atoms with Gasteiger partial charge in [-0.15, -0.1) is 0 Å². The minimum Gasteiger partial charge on any atom is -0.497 e. The maximum absolute atomic E-state index is 12.8. The first kappa shape index (κ1) is 18.5. The van der Waals surface area contributed by atoms with Gasteiger partial charge in [0.2, 0.25) is 5.91 Å². The Morgan fingerprint density at radius 2 is 1.92 bits per heavy atom. The summed E-state index contributed by atoms with van der Waals surface area (Å²) in [6.45, 7) is 4.19. The summed E-state index contributed by atoms with van der Waals surface area (Å²) in [6.07, 6.45) is 2.23. The van der Waals surface area contributed by atoms with E-state index >= 15 is 0 Å². The van der Waals surface area contributed by atoms with Gasteiger partial charge in [0.15, 0.2) is 0 Å². The first-order chi connectivity index (χ1) is 12.6. The largest absolute Gasteiger partial charge is 0.497 e. The smallest absolute Gasteiger partial charge is 0.236 e. The van der Waals surface area contributed by atoms with Crippen LogP contribution in [0.2, 0.25) is 0 Å². The number of hydrogen-bond acceptors (Lipinski definition) is 3. The van der Waals surface area contributed by atoms with Crippen molar-refractivity contribution in [3.05, 3.63) is 65.2 Å². The zero-order valence-corrected chi connectivity index (χ0v) is 15.9. The highest BCUT2D eigenvalue weighted by molar-refractivity contribution is 5.78. The first-order valence-corrected chi connectivity index (χ1v) is 9.25. The minimum absolute atomic E-state index is 0.175. The van der Waals surface area contributed by atoms with Crippen LogP contribution in [0.5, 0.6) is 5.75 Å². The fourth-order valence-corrected chi connectivity index (χ4v) is 3.64. The maximum atomic E-state index is 12.8. The highest BCUT2D eigenvalue weighted by Crippen LogP contribution is 2.32. The summed E-state index contributed by atoms with van der Waals surface area (Å²) in [5, 5.41) is 0. The lowest BCUT2D eigenvalue weighted by atomic mass is 10.0. The fraction of sp³-hybridized carbons (Fsp3) is 0.409. The lowest BCUT2D eigenvalue weighted by Crippen LogP contribution is -2.38. The molecule has 0 bridgehead atoms. The van der Waals surface area contributed by atoms with Crippen molar-refractivity contribution in [3.8, 4) is 5.75 Å². The number of carbonyl (C=O) groups excluding carboxylic acids is 1. The quantitative estimate of drug-likeness (QED) is 0.793. The molecule has 0 aliphatic carbocycles. The molecule has 1 aliphatic heterocycles. The van der Waals surface area contributed by atoms with Gasteiger partial charge in [0.1, 0.15) is 5.75 Å². The molecule has 1 heterocycles. The molecule has 0 aromatic heterocycles. The Morgan fingerprint density at radius 3 is 2.62 bits per heavy atom. The normalized spacial score (nSPS) is 17.3. The molecule has 1 atom stereocenters. The van der Waals surface area contributed by atoms with Crippen LogP contribution in [0, 0.1) is 6.92 Å². The van der Waals surface area contributed by atoms with E-state index in [2.05, 4.69) is 36.1 Å². The molecule has 0 saturated carbocycles. The molecule has 4 heteroatoms. The molecule has 3 rings (SSSR count). The Hall–Kier alpha value is -2.33. The van der Waals surface area contributed by atoms with Crippen molar-refractivity contribution in [3.63, 3.8) is 0 Å². The minimum atomic E-state index is 0.175. The average molecular weight is 352 g/mol. The third-order valence-electron chi connectivity index (χ3n) is 5.30. The van der Waals surface area contributed by atoms with Gasteiger partial charge in [0.25, 0.3) is 0 Å². The van der Waals surface area contributed by atoms with Crippen LogP contribution in [-0.2, 0) is 11.3 Å². The van der Waals surface area contributed by atoms with Crippen molar-refractivity contribution in [2.24, 2.45) is 0 Å². The molecule has 26 heavy (non-hydrogen) atoms. The van der Waals surface area contributed by atoms with Crippen LogP contribution in [0.15, 0.2) is 48.5 Å². The Labute approximate surface area is 156 Å². The van der Waals surface area contributed by atoms with Gasteiger partial charge in [0, 0.05) is 19.6 Å². The topological polar surface area (TPSA) is 32.8 Å². The van der Waals surface area contributed by atoms with Crippen LogP contribution in [-0.4, -0.2) is 43.0 Å². The molecular formula is C22H28N2O2. The van der Waals surface area contributed by atoms with E-state index in [-0.39, 0.29) is 5.91 Å². The molecular weight excluding hydrogens is 324 g/mol. The van der Waals surface area contributed by atoms with E-state index in [1.807, 2.05) is 36.2 Å². The zero-order valence-electron chi connectivity index (χ0n) is 15.9. The first-order valence-electron chi connectivity index (χ1n) is 9.25. The Bertz CT molecular complexity index is 742. The second-order valence-electron chi connectivity index (χ2n) is 7.08. The molecule has 2 aromatic carbocycles. The summed E-state index contributed by atoms with van der Waals surface area (Å²) in [7, 11) is 3.58. The third-order valence-corrected chi connectivity index (χ3v) is 5.30. The number of likely N-dealkylation sites (N-methyl/N-ethyl adjacent to an activating group) is 1. The van der Waals surface area contributed by atoms with Crippen molar-refractivity contribution in [2.75, 3.05) is 27.2 Å². The highest BCUT2D eigenvalue weighted by atomic mass is 16.5. The SMILES string of the molecule is COc1ccc([C@H]2CCCN2CC(=O)N(C)Cc2ccccc2C)cc1.